The highest BCUT2D eigenvalue weighted by atomic mass is 16.5. The number of benzene rings is 2. The van der Waals surface area contributed by atoms with Crippen LogP contribution in [-0.2, 0) is 0 Å². The largest absolute Gasteiger partial charge is 0.505 e. The molecule has 0 atom stereocenters. The van der Waals surface area contributed by atoms with Crippen molar-refractivity contribution in [3.05, 3.63) is 11.6 Å². The van der Waals surface area contributed by atoms with E-state index in [1.54, 1.807) is 13.0 Å². The molecule has 0 saturated carbocycles. The molecule has 22 heavy (non-hydrogen) atoms. The third-order valence-electron chi connectivity index (χ3n) is 3.68. The van der Waals surface area contributed by atoms with Gasteiger partial charge in [0.05, 0.1) is 7.11 Å². The van der Waals surface area contributed by atoms with Crippen molar-refractivity contribution in [2.45, 2.75) is 6.92 Å². The highest BCUT2D eigenvalue weighted by Crippen LogP contribution is 2.32. The van der Waals surface area contributed by atoms with E-state index in [9.17, 15) is 5.11 Å². The second-order valence-electron chi connectivity index (χ2n) is 4.98. The topological polar surface area (TPSA) is 29.5 Å². The van der Waals surface area contributed by atoms with Gasteiger partial charge >= 0.3 is 0 Å². The fourth-order valence-corrected chi connectivity index (χ4v) is 2.32. The Morgan fingerprint density at radius 2 is 1.36 bits per heavy atom. The molecule has 0 aliphatic heterocycles. The van der Waals surface area contributed by atoms with Crippen LogP contribution in [0.2, 0.25) is 0 Å². The van der Waals surface area contributed by atoms with Gasteiger partial charge in [-0.15, -0.1) is 16.4 Å². The molecule has 8 heteroatoms. The zero-order chi connectivity index (χ0) is 16.8. The van der Waals surface area contributed by atoms with Crippen LogP contribution in [0.3, 0.4) is 0 Å². The standard InChI is InChI=1S/C14H8B6O2/c1-4-3-5(8(16)10(18)7(4)15)6-9(17)11(19)12(20)13(21)14(6)22-2/h3,21H,1-2H3. The second-order valence-corrected chi connectivity index (χ2v) is 4.98. The molecule has 0 unspecified atom stereocenters. The van der Waals surface area contributed by atoms with Crippen LogP contribution >= 0.6 is 0 Å². The van der Waals surface area contributed by atoms with Crippen molar-refractivity contribution in [3.63, 3.8) is 0 Å². The lowest BCUT2D eigenvalue weighted by Gasteiger charge is -2.23. The summed E-state index contributed by atoms with van der Waals surface area (Å²) in [5.41, 5.74) is 2.44. The van der Waals surface area contributed by atoms with Crippen LogP contribution in [0.4, 0.5) is 0 Å². The number of phenols is 1. The monoisotopic (exact) mass is 274 g/mol. The van der Waals surface area contributed by atoms with Crippen molar-refractivity contribution < 1.29 is 9.84 Å². The molecular formula is C14H8B6O2. The number of hydrogen-bond donors (Lipinski definition) is 1. The Morgan fingerprint density at radius 1 is 0.818 bits per heavy atom. The molecule has 2 rings (SSSR count). The quantitative estimate of drug-likeness (QED) is 0.568. The van der Waals surface area contributed by atoms with Crippen LogP contribution in [-0.4, -0.2) is 59.3 Å². The first kappa shape index (κ1) is 16.8. The molecule has 0 fully saturated rings. The predicted octanol–water partition coefficient (Wildman–Crippen LogP) is -3.86. The van der Waals surface area contributed by atoms with Gasteiger partial charge in [-0.05, 0) is 12.5 Å². The number of methoxy groups -OCH3 is 1. The minimum Gasteiger partial charge on any atom is -0.505 e. The lowest BCUT2D eigenvalue weighted by Crippen LogP contribution is -2.44. The van der Waals surface area contributed by atoms with E-state index in [1.165, 1.54) is 7.11 Å². The molecule has 2 aromatic carbocycles. The van der Waals surface area contributed by atoms with E-state index >= 15 is 0 Å². The summed E-state index contributed by atoms with van der Waals surface area (Å²) in [7, 11) is 36.8. The van der Waals surface area contributed by atoms with E-state index < -0.39 is 0 Å². The number of phenolic OH excluding ortho intramolecular Hbond substituents is 1. The van der Waals surface area contributed by atoms with E-state index in [2.05, 4.69) is 0 Å². The highest BCUT2D eigenvalue weighted by Gasteiger charge is 2.20. The molecule has 0 aliphatic carbocycles. The molecule has 94 valence electrons. The maximum atomic E-state index is 10.1. The molecule has 0 spiro atoms. The van der Waals surface area contributed by atoms with Gasteiger partial charge in [-0.3, -0.25) is 0 Å². The van der Waals surface area contributed by atoms with Gasteiger partial charge in [0.25, 0.3) is 0 Å². The Labute approximate surface area is 138 Å². The van der Waals surface area contributed by atoms with Crippen LogP contribution < -0.4 is 37.5 Å². The molecule has 12 radical (unpaired) electrons. The average molecular weight is 273 g/mol. The van der Waals surface area contributed by atoms with Gasteiger partial charge in [-0.1, -0.05) is 28.0 Å². The highest BCUT2D eigenvalue weighted by molar-refractivity contribution is 6.62. The summed E-state index contributed by atoms with van der Waals surface area (Å²) in [6.45, 7) is 1.78. The van der Waals surface area contributed by atoms with E-state index in [4.69, 9.17) is 51.8 Å². The maximum Gasteiger partial charge on any atom is 0.166 e. The number of hydrogen-bond acceptors (Lipinski definition) is 2. The Hall–Kier alpha value is -1.57. The van der Waals surface area contributed by atoms with Gasteiger partial charge in [-0.2, -0.15) is 0 Å². The van der Waals surface area contributed by atoms with Crippen molar-refractivity contribution in [1.29, 1.82) is 0 Å². The molecule has 0 heterocycles. The molecule has 2 nitrogen and oxygen atoms in total. The Balaban J connectivity index is 2.96. The van der Waals surface area contributed by atoms with Gasteiger partial charge in [0.2, 0.25) is 0 Å². The fraction of sp³-hybridized carbons (Fsp3) is 0.143. The number of aryl methyl sites for hydroxylation is 1. The third-order valence-corrected chi connectivity index (χ3v) is 3.68. The zero-order valence-corrected chi connectivity index (χ0v) is 12.4. The van der Waals surface area contributed by atoms with Gasteiger partial charge in [-0.25, -0.2) is 0 Å². The molecule has 1 N–H and O–H groups in total. The van der Waals surface area contributed by atoms with Crippen LogP contribution in [0, 0.1) is 6.92 Å². The first-order valence-electron chi connectivity index (χ1n) is 6.40. The molecule has 2 aromatic rings. The van der Waals surface area contributed by atoms with Crippen molar-refractivity contribution in [2.24, 2.45) is 0 Å². The Bertz CT molecular complexity index is 773. The summed E-state index contributed by atoms with van der Waals surface area (Å²) < 4.78 is 5.22. The second kappa shape index (κ2) is 5.91. The van der Waals surface area contributed by atoms with Crippen LogP contribution in [0.15, 0.2) is 6.07 Å². The maximum absolute atomic E-state index is 10.1. The average Bonchev–Trinajstić information content (AvgIpc) is 2.50. The molecular weight excluding hydrogens is 265 g/mol. The number of ether oxygens (including phenoxy) is 1. The number of rotatable bonds is 2. The molecule has 0 saturated heterocycles. The van der Waals surface area contributed by atoms with Crippen LogP contribution in [0.25, 0.3) is 11.1 Å². The lowest BCUT2D eigenvalue weighted by atomic mass is 9.64. The molecule has 0 aromatic heterocycles. The van der Waals surface area contributed by atoms with Crippen LogP contribution in [0.5, 0.6) is 11.5 Å². The predicted molar refractivity (Wildman–Crippen MR) is 97.2 cm³/mol. The smallest absolute Gasteiger partial charge is 0.166 e. The minimum absolute atomic E-state index is 0.0424. The molecule has 0 aliphatic rings. The number of aromatic hydroxyl groups is 1. The molecule has 0 amide bonds. The summed E-state index contributed by atoms with van der Waals surface area (Å²) in [5, 5.41) is 10.1. The van der Waals surface area contributed by atoms with Gasteiger partial charge < -0.3 is 9.84 Å². The fourth-order valence-electron chi connectivity index (χ4n) is 2.32. The summed E-state index contributed by atoms with van der Waals surface area (Å²) in [6, 6.07) is 1.70. The van der Waals surface area contributed by atoms with E-state index in [0.29, 0.717) is 22.2 Å². The van der Waals surface area contributed by atoms with E-state index in [-0.39, 0.29) is 38.8 Å². The SMILES string of the molecule is [B]c1c(C)cc(-c2c([B])c([B])c([B])c(O)c2OC)c([B])c1[B]. The van der Waals surface area contributed by atoms with E-state index in [1.807, 2.05) is 0 Å². The summed E-state index contributed by atoms with van der Waals surface area (Å²) in [6.07, 6.45) is 0. The van der Waals surface area contributed by atoms with Crippen molar-refractivity contribution >= 4 is 79.9 Å². The first-order chi connectivity index (χ1) is 10.2. The summed E-state index contributed by atoms with van der Waals surface area (Å²) >= 11 is 0. The summed E-state index contributed by atoms with van der Waals surface area (Å²) in [5.74, 6) is -0.240. The minimum atomic E-state index is -0.309. The lowest BCUT2D eigenvalue weighted by molar-refractivity contribution is 0.377. The Morgan fingerprint density at radius 3 is 1.91 bits per heavy atom. The zero-order valence-electron chi connectivity index (χ0n) is 12.4. The normalized spacial score (nSPS) is 10.6. The van der Waals surface area contributed by atoms with Crippen molar-refractivity contribution in [3.8, 4) is 22.6 Å². The van der Waals surface area contributed by atoms with E-state index in [0.717, 1.165) is 0 Å². The summed E-state index contributed by atoms with van der Waals surface area (Å²) in [4.78, 5) is 0. The van der Waals surface area contributed by atoms with Crippen LogP contribution in [0.1, 0.15) is 5.56 Å². The van der Waals surface area contributed by atoms with Crippen molar-refractivity contribution in [2.75, 3.05) is 7.11 Å². The Kier molecular flexibility index (Phi) is 4.51. The molecule has 0 bridgehead atoms. The first-order valence-corrected chi connectivity index (χ1v) is 6.40. The van der Waals surface area contributed by atoms with Gasteiger partial charge in [0.15, 0.2) is 5.75 Å². The van der Waals surface area contributed by atoms with Gasteiger partial charge in [0, 0.05) is 5.56 Å². The van der Waals surface area contributed by atoms with Gasteiger partial charge in [0.1, 0.15) is 52.8 Å². The van der Waals surface area contributed by atoms with Crippen molar-refractivity contribution in [1.82, 2.24) is 0 Å². The third kappa shape index (κ3) is 2.39.